The minimum Gasteiger partial charge on any atom is -0.334 e. The van der Waals surface area contributed by atoms with Crippen LogP contribution in [0.2, 0.25) is 0 Å². The van der Waals surface area contributed by atoms with Gasteiger partial charge in [-0.3, -0.25) is 0 Å². The Bertz CT molecular complexity index is 450. The van der Waals surface area contributed by atoms with Crippen molar-refractivity contribution >= 4 is 6.03 Å². The van der Waals surface area contributed by atoms with E-state index in [0.717, 1.165) is 18.8 Å². The third kappa shape index (κ3) is 3.75. The number of carbonyl (C=O) groups excluding carboxylic acids is 1. The molecular weight excluding hydrogens is 248 g/mol. The fourth-order valence-corrected chi connectivity index (χ4v) is 2.90. The molecule has 0 saturated heterocycles. The van der Waals surface area contributed by atoms with E-state index in [-0.39, 0.29) is 6.03 Å². The fraction of sp³-hybridized carbons (Fsp3) is 0.588. The van der Waals surface area contributed by atoms with Gasteiger partial charge in [0.05, 0.1) is 0 Å². The highest BCUT2D eigenvalue weighted by atomic mass is 16.2. The van der Waals surface area contributed by atoms with Crippen molar-refractivity contribution in [1.29, 1.82) is 0 Å². The van der Waals surface area contributed by atoms with E-state index in [1.54, 1.807) is 0 Å². The van der Waals surface area contributed by atoms with Gasteiger partial charge in [0.2, 0.25) is 0 Å². The minimum absolute atomic E-state index is 0.0489. The summed E-state index contributed by atoms with van der Waals surface area (Å²) < 4.78 is 0. The number of aryl methyl sites for hydroxylation is 1. The first-order chi connectivity index (χ1) is 9.58. The molecule has 1 aliphatic carbocycles. The van der Waals surface area contributed by atoms with Crippen LogP contribution in [0.15, 0.2) is 24.3 Å². The Morgan fingerprint density at radius 2 is 1.90 bits per heavy atom. The summed E-state index contributed by atoms with van der Waals surface area (Å²) in [6, 6.07) is 8.64. The number of amides is 2. The van der Waals surface area contributed by atoms with Gasteiger partial charge in [-0.2, -0.15) is 0 Å². The molecule has 2 amide bonds. The number of hydrogen-bond donors (Lipinski definition) is 1. The first-order valence-corrected chi connectivity index (χ1v) is 7.63. The average molecular weight is 274 g/mol. The molecular formula is C17H26N2O. The second-order valence-electron chi connectivity index (χ2n) is 6.11. The van der Waals surface area contributed by atoms with Crippen LogP contribution in [0.4, 0.5) is 4.79 Å². The highest BCUT2D eigenvalue weighted by molar-refractivity contribution is 5.74. The van der Waals surface area contributed by atoms with Gasteiger partial charge >= 0.3 is 6.03 Å². The number of rotatable bonds is 3. The zero-order valence-electron chi connectivity index (χ0n) is 12.9. The van der Waals surface area contributed by atoms with Crippen LogP contribution in [0.25, 0.3) is 0 Å². The lowest BCUT2D eigenvalue weighted by Gasteiger charge is -2.33. The van der Waals surface area contributed by atoms with Gasteiger partial charge < -0.3 is 10.2 Å². The van der Waals surface area contributed by atoms with Crippen molar-refractivity contribution in [3.8, 4) is 0 Å². The predicted molar refractivity (Wildman–Crippen MR) is 82.6 cm³/mol. The molecule has 0 spiro atoms. The van der Waals surface area contributed by atoms with E-state index in [4.69, 9.17) is 0 Å². The molecule has 20 heavy (non-hydrogen) atoms. The van der Waals surface area contributed by atoms with Gasteiger partial charge in [0.15, 0.2) is 0 Å². The van der Waals surface area contributed by atoms with Crippen LogP contribution in [0, 0.1) is 12.8 Å². The summed E-state index contributed by atoms with van der Waals surface area (Å²) in [5, 5.41) is 3.04. The summed E-state index contributed by atoms with van der Waals surface area (Å²) in [5.41, 5.74) is 2.41. The summed E-state index contributed by atoms with van der Waals surface area (Å²) in [4.78, 5) is 14.1. The molecule has 0 unspecified atom stereocenters. The molecule has 0 aromatic heterocycles. The van der Waals surface area contributed by atoms with Crippen molar-refractivity contribution in [3.05, 3.63) is 35.4 Å². The Hall–Kier alpha value is -1.51. The Balaban J connectivity index is 1.84. The van der Waals surface area contributed by atoms with Gasteiger partial charge in [-0.1, -0.05) is 31.2 Å². The summed E-state index contributed by atoms with van der Waals surface area (Å²) in [6.07, 6.45) is 4.74. The first-order valence-electron chi connectivity index (χ1n) is 7.63. The van der Waals surface area contributed by atoms with Gasteiger partial charge in [0, 0.05) is 19.6 Å². The molecule has 2 rings (SSSR count). The SMILES string of the molecule is Cc1ccccc1CNC(=O)N(C)C1CCC(C)CC1. The third-order valence-electron chi connectivity index (χ3n) is 4.54. The van der Waals surface area contributed by atoms with Gasteiger partial charge in [-0.15, -0.1) is 0 Å². The number of urea groups is 1. The van der Waals surface area contributed by atoms with E-state index in [0.29, 0.717) is 12.6 Å². The molecule has 1 fully saturated rings. The van der Waals surface area contributed by atoms with Gasteiger partial charge in [-0.25, -0.2) is 4.79 Å². The molecule has 1 N–H and O–H groups in total. The standard InChI is InChI=1S/C17H26N2O/c1-13-8-10-16(11-9-13)19(3)17(20)18-12-15-7-5-4-6-14(15)2/h4-7,13,16H,8-12H2,1-3H3,(H,18,20). The summed E-state index contributed by atoms with van der Waals surface area (Å²) in [7, 11) is 1.92. The molecule has 0 atom stereocenters. The Morgan fingerprint density at radius 1 is 1.25 bits per heavy atom. The molecule has 0 bridgehead atoms. The lowest BCUT2D eigenvalue weighted by molar-refractivity contribution is 0.163. The van der Waals surface area contributed by atoms with E-state index in [1.165, 1.54) is 24.0 Å². The lowest BCUT2D eigenvalue weighted by Crippen LogP contribution is -2.44. The summed E-state index contributed by atoms with van der Waals surface area (Å²) in [5.74, 6) is 0.815. The smallest absolute Gasteiger partial charge is 0.317 e. The van der Waals surface area contributed by atoms with Crippen LogP contribution in [0.5, 0.6) is 0 Å². The van der Waals surface area contributed by atoms with Crippen LogP contribution in [-0.4, -0.2) is 24.0 Å². The lowest BCUT2D eigenvalue weighted by atomic mass is 9.87. The quantitative estimate of drug-likeness (QED) is 0.895. The second kappa shape index (κ2) is 6.78. The maximum Gasteiger partial charge on any atom is 0.317 e. The van der Waals surface area contributed by atoms with Crippen LogP contribution < -0.4 is 5.32 Å². The van der Waals surface area contributed by atoms with Crippen LogP contribution in [0.3, 0.4) is 0 Å². The number of nitrogens with one attached hydrogen (secondary N) is 1. The van der Waals surface area contributed by atoms with Crippen molar-refractivity contribution in [2.45, 2.75) is 52.1 Å². The average Bonchev–Trinajstić information content (AvgIpc) is 2.46. The van der Waals surface area contributed by atoms with Crippen molar-refractivity contribution in [2.24, 2.45) is 5.92 Å². The van der Waals surface area contributed by atoms with Crippen LogP contribution in [0.1, 0.15) is 43.7 Å². The fourth-order valence-electron chi connectivity index (χ4n) is 2.90. The normalized spacial score (nSPS) is 22.4. The van der Waals surface area contributed by atoms with Crippen molar-refractivity contribution in [1.82, 2.24) is 10.2 Å². The second-order valence-corrected chi connectivity index (χ2v) is 6.11. The van der Waals surface area contributed by atoms with E-state index in [2.05, 4.69) is 31.3 Å². The largest absolute Gasteiger partial charge is 0.334 e. The summed E-state index contributed by atoms with van der Waals surface area (Å²) in [6.45, 7) is 4.99. The van der Waals surface area contributed by atoms with Crippen molar-refractivity contribution < 1.29 is 4.79 Å². The molecule has 1 saturated carbocycles. The number of hydrogen-bond acceptors (Lipinski definition) is 1. The van der Waals surface area contributed by atoms with E-state index in [1.807, 2.05) is 24.1 Å². The highest BCUT2D eigenvalue weighted by Crippen LogP contribution is 2.26. The van der Waals surface area contributed by atoms with E-state index >= 15 is 0 Å². The molecule has 3 heteroatoms. The third-order valence-corrected chi connectivity index (χ3v) is 4.54. The van der Waals surface area contributed by atoms with Gasteiger partial charge in [0.25, 0.3) is 0 Å². The van der Waals surface area contributed by atoms with Crippen molar-refractivity contribution in [2.75, 3.05) is 7.05 Å². The molecule has 1 aromatic rings. The molecule has 1 aromatic carbocycles. The first kappa shape index (κ1) is 14.9. The molecule has 0 heterocycles. The zero-order chi connectivity index (χ0) is 14.5. The Labute approximate surface area is 122 Å². The monoisotopic (exact) mass is 274 g/mol. The van der Waals surface area contributed by atoms with Gasteiger partial charge in [0.1, 0.15) is 0 Å². The predicted octanol–water partition coefficient (Wildman–Crippen LogP) is 3.72. The van der Waals surface area contributed by atoms with Crippen LogP contribution >= 0.6 is 0 Å². The zero-order valence-corrected chi connectivity index (χ0v) is 12.9. The Kier molecular flexibility index (Phi) is 5.05. The van der Waals surface area contributed by atoms with E-state index < -0.39 is 0 Å². The molecule has 1 aliphatic rings. The topological polar surface area (TPSA) is 32.3 Å². The molecule has 110 valence electrons. The van der Waals surface area contributed by atoms with E-state index in [9.17, 15) is 4.79 Å². The van der Waals surface area contributed by atoms with Crippen LogP contribution in [-0.2, 0) is 6.54 Å². The maximum absolute atomic E-state index is 12.2. The number of benzene rings is 1. The molecule has 0 radical (unpaired) electrons. The van der Waals surface area contributed by atoms with Gasteiger partial charge in [-0.05, 0) is 49.7 Å². The number of carbonyl (C=O) groups is 1. The molecule has 0 aliphatic heterocycles. The minimum atomic E-state index is 0.0489. The number of nitrogens with zero attached hydrogens (tertiary/aromatic N) is 1. The maximum atomic E-state index is 12.2. The molecule has 3 nitrogen and oxygen atoms in total. The summed E-state index contributed by atoms with van der Waals surface area (Å²) >= 11 is 0. The highest BCUT2D eigenvalue weighted by Gasteiger charge is 2.24. The van der Waals surface area contributed by atoms with Crippen molar-refractivity contribution in [3.63, 3.8) is 0 Å². The Morgan fingerprint density at radius 3 is 2.55 bits per heavy atom.